The van der Waals surface area contributed by atoms with Gasteiger partial charge in [-0.3, -0.25) is 4.90 Å². The third-order valence-corrected chi connectivity index (χ3v) is 6.76. The van der Waals surface area contributed by atoms with Crippen LogP contribution in [0.3, 0.4) is 0 Å². The minimum absolute atomic E-state index is 0.281. The quantitative estimate of drug-likeness (QED) is 0.858. The van der Waals surface area contributed by atoms with Crippen LogP contribution in [-0.2, 0) is 0 Å². The molecule has 3 heteroatoms. The maximum Gasteiger partial charge on any atom is 0.0427 e. The molecule has 2 heterocycles. The summed E-state index contributed by atoms with van der Waals surface area (Å²) in [7, 11) is 0. The van der Waals surface area contributed by atoms with Gasteiger partial charge in [0.2, 0.25) is 0 Å². The van der Waals surface area contributed by atoms with E-state index in [9.17, 15) is 0 Å². The number of piperidine rings is 1. The SMILES string of the molecule is CCCC1CCN(C2(CN)CSCC(C)(C)C2)CC1. The van der Waals surface area contributed by atoms with E-state index in [4.69, 9.17) is 5.73 Å². The van der Waals surface area contributed by atoms with Gasteiger partial charge < -0.3 is 5.73 Å². The van der Waals surface area contributed by atoms with E-state index in [1.807, 2.05) is 0 Å². The highest BCUT2D eigenvalue weighted by molar-refractivity contribution is 7.99. The van der Waals surface area contributed by atoms with Gasteiger partial charge in [0.1, 0.15) is 0 Å². The molecule has 2 aliphatic rings. The molecule has 0 bridgehead atoms. The Hall–Kier alpha value is 0.270. The zero-order valence-corrected chi connectivity index (χ0v) is 13.9. The minimum Gasteiger partial charge on any atom is -0.329 e. The molecule has 0 radical (unpaired) electrons. The number of nitrogens with two attached hydrogens (primary N) is 1. The molecule has 1 atom stereocenters. The van der Waals surface area contributed by atoms with Crippen LogP contribution in [0.1, 0.15) is 52.9 Å². The summed E-state index contributed by atoms with van der Waals surface area (Å²) in [6.45, 7) is 10.5. The van der Waals surface area contributed by atoms with Crippen LogP contribution >= 0.6 is 11.8 Å². The summed E-state index contributed by atoms with van der Waals surface area (Å²) < 4.78 is 0. The molecule has 0 amide bonds. The summed E-state index contributed by atoms with van der Waals surface area (Å²) in [5, 5.41) is 0. The Bertz CT molecular complexity index is 284. The van der Waals surface area contributed by atoms with Crippen molar-refractivity contribution in [2.45, 2.75) is 58.4 Å². The van der Waals surface area contributed by atoms with E-state index in [2.05, 4.69) is 37.4 Å². The number of nitrogens with zero attached hydrogens (tertiary/aromatic N) is 1. The fourth-order valence-electron chi connectivity index (χ4n) is 4.08. The first-order valence-corrected chi connectivity index (χ1v) is 9.20. The molecule has 19 heavy (non-hydrogen) atoms. The van der Waals surface area contributed by atoms with Gasteiger partial charge in [-0.15, -0.1) is 0 Å². The topological polar surface area (TPSA) is 29.3 Å². The molecule has 0 saturated carbocycles. The van der Waals surface area contributed by atoms with Gasteiger partial charge in [-0.2, -0.15) is 11.8 Å². The smallest absolute Gasteiger partial charge is 0.0427 e. The summed E-state index contributed by atoms with van der Waals surface area (Å²) >= 11 is 2.12. The first kappa shape index (κ1) is 15.7. The van der Waals surface area contributed by atoms with E-state index in [-0.39, 0.29) is 5.54 Å². The van der Waals surface area contributed by atoms with Gasteiger partial charge in [0, 0.05) is 17.8 Å². The zero-order chi connectivity index (χ0) is 13.9. The normalized spacial score (nSPS) is 33.5. The largest absolute Gasteiger partial charge is 0.329 e. The highest BCUT2D eigenvalue weighted by atomic mass is 32.2. The third-order valence-electron chi connectivity index (χ3n) is 5.03. The Morgan fingerprint density at radius 2 is 1.89 bits per heavy atom. The fraction of sp³-hybridized carbons (Fsp3) is 1.00. The van der Waals surface area contributed by atoms with Crippen molar-refractivity contribution in [3.8, 4) is 0 Å². The van der Waals surface area contributed by atoms with Crippen molar-refractivity contribution in [2.24, 2.45) is 17.1 Å². The maximum absolute atomic E-state index is 6.23. The first-order valence-electron chi connectivity index (χ1n) is 8.04. The lowest BCUT2D eigenvalue weighted by Crippen LogP contribution is -2.61. The number of hydrogen-bond acceptors (Lipinski definition) is 3. The van der Waals surface area contributed by atoms with Crippen LogP contribution in [0.2, 0.25) is 0 Å². The Morgan fingerprint density at radius 3 is 2.42 bits per heavy atom. The Labute approximate surface area is 123 Å². The van der Waals surface area contributed by atoms with E-state index < -0.39 is 0 Å². The third kappa shape index (κ3) is 3.68. The van der Waals surface area contributed by atoms with Crippen molar-refractivity contribution in [1.82, 2.24) is 4.90 Å². The van der Waals surface area contributed by atoms with Crippen LogP contribution in [0.5, 0.6) is 0 Å². The summed E-state index contributed by atoms with van der Waals surface area (Å²) in [5.74, 6) is 3.51. The fourth-order valence-corrected chi connectivity index (χ4v) is 5.62. The lowest BCUT2D eigenvalue weighted by Gasteiger charge is -2.52. The molecular formula is C16H32N2S. The zero-order valence-electron chi connectivity index (χ0n) is 13.1. The molecule has 2 aliphatic heterocycles. The molecule has 0 aromatic rings. The molecule has 2 rings (SSSR count). The van der Waals surface area contributed by atoms with Crippen LogP contribution in [-0.4, -0.2) is 41.6 Å². The van der Waals surface area contributed by atoms with Crippen molar-refractivity contribution in [2.75, 3.05) is 31.1 Å². The number of likely N-dealkylation sites (tertiary alicyclic amines) is 1. The molecule has 0 aromatic heterocycles. The van der Waals surface area contributed by atoms with Crippen LogP contribution in [0.4, 0.5) is 0 Å². The van der Waals surface area contributed by atoms with E-state index in [1.54, 1.807) is 0 Å². The highest BCUT2D eigenvalue weighted by Gasteiger charge is 2.44. The monoisotopic (exact) mass is 284 g/mol. The highest BCUT2D eigenvalue weighted by Crippen LogP contribution is 2.43. The van der Waals surface area contributed by atoms with Crippen molar-refractivity contribution in [3.05, 3.63) is 0 Å². The van der Waals surface area contributed by atoms with Gasteiger partial charge >= 0.3 is 0 Å². The van der Waals surface area contributed by atoms with Crippen LogP contribution < -0.4 is 5.73 Å². The average molecular weight is 285 g/mol. The Balaban J connectivity index is 1.98. The summed E-state index contributed by atoms with van der Waals surface area (Å²) in [6, 6.07) is 0. The summed E-state index contributed by atoms with van der Waals surface area (Å²) in [6.07, 6.45) is 6.82. The van der Waals surface area contributed by atoms with Crippen molar-refractivity contribution in [1.29, 1.82) is 0 Å². The molecule has 2 fully saturated rings. The van der Waals surface area contributed by atoms with Crippen molar-refractivity contribution >= 4 is 11.8 Å². The van der Waals surface area contributed by atoms with E-state index in [1.165, 1.54) is 56.7 Å². The van der Waals surface area contributed by atoms with Crippen LogP contribution in [0.15, 0.2) is 0 Å². The van der Waals surface area contributed by atoms with E-state index in [0.717, 1.165) is 12.5 Å². The molecule has 1 unspecified atom stereocenters. The molecule has 0 spiro atoms. The second-order valence-electron chi connectivity index (χ2n) is 7.48. The van der Waals surface area contributed by atoms with Gasteiger partial charge in [-0.05, 0) is 49.4 Å². The van der Waals surface area contributed by atoms with Gasteiger partial charge in [0.25, 0.3) is 0 Å². The molecule has 0 aliphatic carbocycles. The van der Waals surface area contributed by atoms with Crippen LogP contribution in [0.25, 0.3) is 0 Å². The van der Waals surface area contributed by atoms with Gasteiger partial charge in [-0.25, -0.2) is 0 Å². The average Bonchev–Trinajstić information content (AvgIpc) is 2.38. The number of hydrogen-bond donors (Lipinski definition) is 1. The second-order valence-corrected chi connectivity index (χ2v) is 8.47. The van der Waals surface area contributed by atoms with Gasteiger partial charge in [0.15, 0.2) is 0 Å². The van der Waals surface area contributed by atoms with Crippen molar-refractivity contribution in [3.63, 3.8) is 0 Å². The van der Waals surface area contributed by atoms with Crippen LogP contribution in [0, 0.1) is 11.3 Å². The Kier molecular flexibility index (Phi) is 5.24. The predicted molar refractivity (Wildman–Crippen MR) is 86.7 cm³/mol. The van der Waals surface area contributed by atoms with Crippen molar-refractivity contribution < 1.29 is 0 Å². The molecule has 2 nitrogen and oxygen atoms in total. The summed E-state index contributed by atoms with van der Waals surface area (Å²) in [5.41, 5.74) is 6.96. The maximum atomic E-state index is 6.23. The van der Waals surface area contributed by atoms with Gasteiger partial charge in [-0.1, -0.05) is 33.6 Å². The molecule has 0 aromatic carbocycles. The number of rotatable bonds is 4. The lowest BCUT2D eigenvalue weighted by atomic mass is 9.77. The second kappa shape index (κ2) is 6.36. The van der Waals surface area contributed by atoms with E-state index in [0.29, 0.717) is 5.41 Å². The van der Waals surface area contributed by atoms with E-state index >= 15 is 0 Å². The molecular weight excluding hydrogens is 252 g/mol. The lowest BCUT2D eigenvalue weighted by molar-refractivity contribution is 0.0363. The number of thioether (sulfide) groups is 1. The van der Waals surface area contributed by atoms with Gasteiger partial charge in [0.05, 0.1) is 0 Å². The predicted octanol–water partition coefficient (Wildman–Crippen LogP) is 3.36. The molecule has 112 valence electrons. The first-order chi connectivity index (χ1) is 9.01. The summed E-state index contributed by atoms with van der Waals surface area (Å²) in [4.78, 5) is 2.74. The molecule has 2 N–H and O–H groups in total. The molecule has 2 saturated heterocycles. The Morgan fingerprint density at radius 1 is 1.21 bits per heavy atom. The minimum atomic E-state index is 0.281. The standard InChI is InChI=1S/C16H32N2S/c1-4-5-14-6-8-18(9-7-14)16(11-17)10-15(2,3)12-19-13-16/h14H,4-13,17H2,1-3H3.